The molecule has 0 saturated carbocycles. The van der Waals surface area contributed by atoms with Gasteiger partial charge in [0.25, 0.3) is 5.91 Å². The molecule has 2 atom stereocenters. The van der Waals surface area contributed by atoms with Crippen molar-refractivity contribution < 1.29 is 33.8 Å². The fraction of sp³-hybridized carbons (Fsp3) is 0.154. The Morgan fingerprint density at radius 1 is 0.676 bits per heavy atom. The maximum atomic E-state index is 13.0. The minimum Gasteiger partial charge on any atom is -0.478 e. The number of carbonyl (C=O) groups excluding carboxylic acids is 3. The van der Waals surface area contributed by atoms with E-state index in [1.54, 1.807) is 54.6 Å². The first-order valence-electron chi connectivity index (χ1n) is 10.4. The van der Waals surface area contributed by atoms with Crippen molar-refractivity contribution in [1.29, 1.82) is 0 Å². The summed E-state index contributed by atoms with van der Waals surface area (Å²) in [5.74, 6) is -4.52. The lowest BCUT2D eigenvalue weighted by atomic mass is 10.1. The summed E-state index contributed by atoms with van der Waals surface area (Å²) in [5.41, 5.74) is 2.32. The normalized spacial score (nSPS) is 12.2. The van der Waals surface area contributed by atoms with Crippen molar-refractivity contribution in [3.63, 3.8) is 0 Å². The number of amides is 1. The Labute approximate surface area is 196 Å². The van der Waals surface area contributed by atoms with Gasteiger partial charge < -0.3 is 19.9 Å². The minimum absolute atomic E-state index is 0.0870. The molecule has 8 nitrogen and oxygen atoms in total. The number of hydrogen-bond donors (Lipinski definition) is 2. The van der Waals surface area contributed by atoms with E-state index >= 15 is 0 Å². The van der Waals surface area contributed by atoms with Crippen LogP contribution in [0, 0.1) is 13.8 Å². The van der Waals surface area contributed by atoms with Crippen molar-refractivity contribution in [2.45, 2.75) is 26.1 Å². The van der Waals surface area contributed by atoms with Crippen LogP contribution in [0.5, 0.6) is 0 Å². The third kappa shape index (κ3) is 6.29. The molecule has 0 saturated heterocycles. The molecule has 0 aliphatic heterocycles. The SMILES string of the molecule is Cc1ccc(C(=O)O[C@@H](C(=O)O)[C@@H](OC(=O)c2ccc(C)cc2)C(=O)Nc2ccccc2)cc1. The summed E-state index contributed by atoms with van der Waals surface area (Å²) in [5, 5.41) is 12.3. The summed E-state index contributed by atoms with van der Waals surface area (Å²) in [7, 11) is 0. The van der Waals surface area contributed by atoms with Gasteiger partial charge in [0.2, 0.25) is 12.2 Å². The molecule has 0 spiro atoms. The number of esters is 2. The second-order valence-electron chi connectivity index (χ2n) is 7.58. The van der Waals surface area contributed by atoms with Crippen molar-refractivity contribution >= 4 is 29.5 Å². The molecule has 0 radical (unpaired) electrons. The Kier molecular flexibility index (Phi) is 7.76. The maximum Gasteiger partial charge on any atom is 0.349 e. The summed E-state index contributed by atoms with van der Waals surface area (Å²) in [6.45, 7) is 3.65. The Morgan fingerprint density at radius 2 is 1.12 bits per heavy atom. The molecule has 3 aromatic carbocycles. The van der Waals surface area contributed by atoms with E-state index in [1.807, 2.05) is 13.8 Å². The quantitative estimate of drug-likeness (QED) is 0.490. The summed E-state index contributed by atoms with van der Waals surface area (Å²) in [6.07, 6.45) is -4.05. The Morgan fingerprint density at radius 3 is 1.56 bits per heavy atom. The first-order valence-corrected chi connectivity index (χ1v) is 10.4. The second-order valence-corrected chi connectivity index (χ2v) is 7.58. The molecule has 0 fully saturated rings. The lowest BCUT2D eigenvalue weighted by Crippen LogP contribution is -2.48. The van der Waals surface area contributed by atoms with E-state index in [0.29, 0.717) is 5.69 Å². The molecular weight excluding hydrogens is 438 g/mol. The van der Waals surface area contributed by atoms with Crippen molar-refractivity contribution in [1.82, 2.24) is 0 Å². The van der Waals surface area contributed by atoms with E-state index in [4.69, 9.17) is 9.47 Å². The predicted molar refractivity (Wildman–Crippen MR) is 123 cm³/mol. The van der Waals surface area contributed by atoms with Gasteiger partial charge in [-0.15, -0.1) is 0 Å². The molecule has 0 aliphatic rings. The molecule has 0 aliphatic carbocycles. The van der Waals surface area contributed by atoms with Gasteiger partial charge in [0.1, 0.15) is 0 Å². The number of carbonyl (C=O) groups is 4. The average molecular weight is 461 g/mol. The van der Waals surface area contributed by atoms with Crippen LogP contribution in [0.15, 0.2) is 78.9 Å². The van der Waals surface area contributed by atoms with Crippen molar-refractivity contribution in [3.8, 4) is 0 Å². The molecular formula is C26H23NO7. The van der Waals surface area contributed by atoms with Crippen molar-refractivity contribution in [2.75, 3.05) is 5.32 Å². The van der Waals surface area contributed by atoms with E-state index < -0.39 is 36.0 Å². The highest BCUT2D eigenvalue weighted by Gasteiger charge is 2.41. The molecule has 8 heteroatoms. The lowest BCUT2D eigenvalue weighted by Gasteiger charge is -2.23. The number of rotatable bonds is 8. The van der Waals surface area contributed by atoms with E-state index in [9.17, 15) is 24.3 Å². The molecule has 3 rings (SSSR count). The zero-order chi connectivity index (χ0) is 24.7. The molecule has 174 valence electrons. The van der Waals surface area contributed by atoms with Gasteiger partial charge in [0.05, 0.1) is 11.1 Å². The highest BCUT2D eigenvalue weighted by atomic mass is 16.6. The van der Waals surface area contributed by atoms with Gasteiger partial charge in [-0.2, -0.15) is 0 Å². The van der Waals surface area contributed by atoms with E-state index in [0.717, 1.165) is 11.1 Å². The molecule has 0 aromatic heterocycles. The van der Waals surface area contributed by atoms with Crippen LogP contribution in [-0.2, 0) is 19.1 Å². The zero-order valence-corrected chi connectivity index (χ0v) is 18.6. The van der Waals surface area contributed by atoms with Gasteiger partial charge in [0.15, 0.2) is 0 Å². The molecule has 0 heterocycles. The molecule has 1 amide bonds. The number of carboxylic acid groups (broad SMARTS) is 1. The first kappa shape index (κ1) is 24.2. The van der Waals surface area contributed by atoms with Crippen LogP contribution in [0.2, 0.25) is 0 Å². The summed E-state index contributed by atoms with van der Waals surface area (Å²) in [4.78, 5) is 50.3. The predicted octanol–water partition coefficient (Wildman–Crippen LogP) is 3.78. The molecule has 0 unspecified atom stereocenters. The van der Waals surface area contributed by atoms with Gasteiger partial charge >= 0.3 is 17.9 Å². The van der Waals surface area contributed by atoms with Crippen LogP contribution >= 0.6 is 0 Å². The summed E-state index contributed by atoms with van der Waals surface area (Å²) in [6, 6.07) is 20.8. The lowest BCUT2D eigenvalue weighted by molar-refractivity contribution is -0.157. The van der Waals surface area contributed by atoms with Crippen LogP contribution in [0.1, 0.15) is 31.8 Å². The number of ether oxygens (including phenoxy) is 2. The maximum absolute atomic E-state index is 13.0. The number of benzene rings is 3. The monoisotopic (exact) mass is 461 g/mol. The van der Waals surface area contributed by atoms with E-state index in [1.165, 1.54) is 24.3 Å². The fourth-order valence-electron chi connectivity index (χ4n) is 2.98. The number of para-hydroxylation sites is 1. The third-order valence-corrected chi connectivity index (χ3v) is 4.86. The molecule has 0 bridgehead atoms. The van der Waals surface area contributed by atoms with E-state index in [-0.39, 0.29) is 11.1 Å². The third-order valence-electron chi connectivity index (χ3n) is 4.86. The van der Waals surface area contributed by atoms with Crippen LogP contribution in [0.4, 0.5) is 5.69 Å². The topological polar surface area (TPSA) is 119 Å². The highest BCUT2D eigenvalue weighted by molar-refractivity contribution is 6.01. The Balaban J connectivity index is 1.89. The second kappa shape index (κ2) is 10.9. The number of anilines is 1. The summed E-state index contributed by atoms with van der Waals surface area (Å²) >= 11 is 0. The zero-order valence-electron chi connectivity index (χ0n) is 18.6. The van der Waals surface area contributed by atoms with Gasteiger partial charge in [0, 0.05) is 5.69 Å². The van der Waals surface area contributed by atoms with Gasteiger partial charge in [-0.1, -0.05) is 53.6 Å². The average Bonchev–Trinajstić information content (AvgIpc) is 2.82. The highest BCUT2D eigenvalue weighted by Crippen LogP contribution is 2.16. The van der Waals surface area contributed by atoms with Gasteiger partial charge in [-0.25, -0.2) is 14.4 Å². The van der Waals surface area contributed by atoms with Crippen LogP contribution in [0.3, 0.4) is 0 Å². The number of hydrogen-bond acceptors (Lipinski definition) is 6. The smallest absolute Gasteiger partial charge is 0.349 e. The van der Waals surface area contributed by atoms with Crippen LogP contribution in [-0.4, -0.2) is 41.1 Å². The van der Waals surface area contributed by atoms with Crippen LogP contribution < -0.4 is 5.32 Å². The minimum atomic E-state index is -2.09. The standard InChI is InChI=1S/C26H23NO7/c1-16-8-12-18(13-9-16)25(31)33-21(23(28)27-20-6-4-3-5-7-20)22(24(29)30)34-26(32)19-14-10-17(2)11-15-19/h3-15,21-22H,1-2H3,(H,27,28)(H,29,30)/t21-,22-/m1/s1. The van der Waals surface area contributed by atoms with E-state index in [2.05, 4.69) is 5.32 Å². The molecule has 2 N–H and O–H groups in total. The summed E-state index contributed by atoms with van der Waals surface area (Å²) < 4.78 is 10.4. The van der Waals surface area contributed by atoms with Crippen molar-refractivity contribution in [3.05, 3.63) is 101 Å². The molecule has 34 heavy (non-hydrogen) atoms. The van der Waals surface area contributed by atoms with Gasteiger partial charge in [-0.05, 0) is 50.2 Å². The molecule has 3 aromatic rings. The van der Waals surface area contributed by atoms with Gasteiger partial charge in [-0.3, -0.25) is 4.79 Å². The van der Waals surface area contributed by atoms with Crippen molar-refractivity contribution in [2.24, 2.45) is 0 Å². The van der Waals surface area contributed by atoms with Crippen LogP contribution in [0.25, 0.3) is 0 Å². The first-order chi connectivity index (χ1) is 16.2. The number of aliphatic carboxylic acids is 1. The number of nitrogens with one attached hydrogen (secondary N) is 1. The Hall–Kier alpha value is -4.46. The largest absolute Gasteiger partial charge is 0.478 e. The Bertz CT molecular complexity index is 1170. The fourth-order valence-corrected chi connectivity index (χ4v) is 2.98. The number of aryl methyl sites for hydroxylation is 2. The number of carboxylic acids is 1.